The molecule has 0 spiro atoms. The normalized spacial score (nSPS) is 15.7. The van der Waals surface area contributed by atoms with Crippen molar-refractivity contribution in [2.75, 3.05) is 11.1 Å². The smallest absolute Gasteiger partial charge is 0.262 e. The quantitative estimate of drug-likeness (QED) is 0.668. The van der Waals surface area contributed by atoms with Gasteiger partial charge in [-0.25, -0.2) is 4.98 Å². The number of hydrogen-bond donors (Lipinski definition) is 1. The van der Waals surface area contributed by atoms with Crippen molar-refractivity contribution in [2.45, 2.75) is 24.7 Å². The Morgan fingerprint density at radius 3 is 2.96 bits per heavy atom. The van der Waals surface area contributed by atoms with E-state index in [0.29, 0.717) is 16.7 Å². The molecule has 0 aliphatic carbocycles. The number of thioether (sulfide) groups is 1. The zero-order chi connectivity index (χ0) is 17.8. The summed E-state index contributed by atoms with van der Waals surface area (Å²) in [6, 6.07) is 11.7. The van der Waals surface area contributed by atoms with Gasteiger partial charge < -0.3 is 14.5 Å². The van der Waals surface area contributed by atoms with Crippen LogP contribution < -0.4 is 10.1 Å². The Kier molecular flexibility index (Phi) is 4.88. The van der Waals surface area contributed by atoms with Gasteiger partial charge in [-0.1, -0.05) is 36.9 Å². The monoisotopic (exact) mass is 366 g/mol. The highest BCUT2D eigenvalue weighted by Gasteiger charge is 2.23. The van der Waals surface area contributed by atoms with Crippen LogP contribution in [0.3, 0.4) is 0 Å². The van der Waals surface area contributed by atoms with Crippen molar-refractivity contribution in [3.63, 3.8) is 0 Å². The minimum atomic E-state index is -0.409. The van der Waals surface area contributed by atoms with Crippen LogP contribution in [0.2, 0.25) is 0 Å². The molecule has 0 fully saturated rings. The van der Waals surface area contributed by atoms with Crippen LogP contribution >= 0.6 is 11.8 Å². The lowest BCUT2D eigenvalue weighted by atomic mass is 10.1. The molecule has 1 atom stereocenters. The minimum Gasteiger partial charge on any atom is -0.465 e. The molecule has 0 unspecified atom stereocenters. The number of rotatable bonds is 5. The third-order valence-corrected chi connectivity index (χ3v) is 4.81. The number of fused-ring (bicyclic) bond motifs is 3. The van der Waals surface area contributed by atoms with E-state index in [1.807, 2.05) is 48.6 Å². The Morgan fingerprint density at radius 1 is 1.19 bits per heavy atom. The van der Waals surface area contributed by atoms with Gasteiger partial charge in [-0.15, -0.1) is 10.2 Å². The second-order valence-corrected chi connectivity index (χ2v) is 6.76. The van der Waals surface area contributed by atoms with Crippen molar-refractivity contribution in [3.8, 4) is 17.1 Å². The molecule has 132 valence electrons. The second-order valence-electron chi connectivity index (χ2n) is 5.70. The zero-order valence-electron chi connectivity index (χ0n) is 14.3. The van der Waals surface area contributed by atoms with Crippen LogP contribution in [0.5, 0.6) is 5.88 Å². The van der Waals surface area contributed by atoms with E-state index in [1.165, 1.54) is 0 Å². The molecule has 0 radical (unpaired) electrons. The maximum atomic E-state index is 6.01. The highest BCUT2D eigenvalue weighted by molar-refractivity contribution is 7.99. The number of para-hydroxylation sites is 1. The van der Waals surface area contributed by atoms with E-state index in [9.17, 15) is 0 Å². The van der Waals surface area contributed by atoms with Crippen LogP contribution in [0.25, 0.3) is 17.3 Å². The van der Waals surface area contributed by atoms with Crippen LogP contribution in [0.4, 0.5) is 5.69 Å². The summed E-state index contributed by atoms with van der Waals surface area (Å²) in [4.78, 5) is 4.68. The van der Waals surface area contributed by atoms with Crippen LogP contribution in [-0.4, -0.2) is 27.2 Å². The highest BCUT2D eigenvalue weighted by atomic mass is 32.2. The summed E-state index contributed by atoms with van der Waals surface area (Å²) in [5, 5.41) is 12.5. The van der Waals surface area contributed by atoms with Gasteiger partial charge in [-0.3, -0.25) is 0 Å². The van der Waals surface area contributed by atoms with Gasteiger partial charge in [0.1, 0.15) is 11.5 Å². The van der Waals surface area contributed by atoms with Crippen molar-refractivity contribution in [3.05, 3.63) is 54.5 Å². The second kappa shape index (κ2) is 7.61. The number of ether oxygens (including phenoxy) is 1. The Labute approximate surface area is 155 Å². The number of furan rings is 1. The Bertz CT molecular complexity index is 912. The van der Waals surface area contributed by atoms with Crippen LogP contribution in [-0.2, 0) is 0 Å². The van der Waals surface area contributed by atoms with E-state index in [-0.39, 0.29) is 0 Å². The molecule has 2 aromatic heterocycles. The van der Waals surface area contributed by atoms with Gasteiger partial charge in [0.25, 0.3) is 5.88 Å². The van der Waals surface area contributed by atoms with E-state index in [2.05, 4.69) is 27.4 Å². The largest absolute Gasteiger partial charge is 0.465 e. The van der Waals surface area contributed by atoms with E-state index >= 15 is 0 Å². The number of aromatic nitrogens is 3. The van der Waals surface area contributed by atoms with Crippen molar-refractivity contribution < 1.29 is 9.15 Å². The SMILES string of the molecule is CCCSc1nnc2c(n1)-c1ccccc1N[C@@H](C=Cc1ccco1)O2. The van der Waals surface area contributed by atoms with Crippen LogP contribution in [0.15, 0.2) is 58.3 Å². The van der Waals surface area contributed by atoms with E-state index in [4.69, 9.17) is 9.15 Å². The fraction of sp³-hybridized carbons (Fsp3) is 0.211. The lowest BCUT2D eigenvalue weighted by Crippen LogP contribution is -2.23. The fourth-order valence-electron chi connectivity index (χ4n) is 2.58. The van der Waals surface area contributed by atoms with Gasteiger partial charge >= 0.3 is 0 Å². The predicted molar refractivity (Wildman–Crippen MR) is 102 cm³/mol. The van der Waals surface area contributed by atoms with Gasteiger partial charge in [-0.05, 0) is 36.8 Å². The Hall–Kier alpha value is -2.80. The average molecular weight is 366 g/mol. The zero-order valence-corrected chi connectivity index (χ0v) is 15.1. The lowest BCUT2D eigenvalue weighted by Gasteiger charge is -2.14. The summed E-state index contributed by atoms with van der Waals surface area (Å²) in [6.45, 7) is 2.13. The maximum absolute atomic E-state index is 6.01. The van der Waals surface area contributed by atoms with Gasteiger partial charge in [0.15, 0.2) is 6.23 Å². The number of hydrogen-bond acceptors (Lipinski definition) is 7. The highest BCUT2D eigenvalue weighted by Crippen LogP contribution is 2.36. The molecule has 3 aromatic rings. The summed E-state index contributed by atoms with van der Waals surface area (Å²) < 4.78 is 11.3. The molecule has 26 heavy (non-hydrogen) atoms. The number of benzene rings is 1. The summed E-state index contributed by atoms with van der Waals surface area (Å²) in [5.74, 6) is 2.12. The molecule has 1 aliphatic rings. The third-order valence-electron chi connectivity index (χ3n) is 3.77. The molecule has 3 heterocycles. The Morgan fingerprint density at radius 2 is 2.12 bits per heavy atom. The predicted octanol–water partition coefficient (Wildman–Crippen LogP) is 4.48. The van der Waals surface area contributed by atoms with E-state index in [1.54, 1.807) is 18.0 Å². The molecule has 0 saturated heterocycles. The molecule has 0 amide bonds. The van der Waals surface area contributed by atoms with E-state index in [0.717, 1.165) is 29.2 Å². The first-order valence-electron chi connectivity index (χ1n) is 8.45. The lowest BCUT2D eigenvalue weighted by molar-refractivity contribution is 0.265. The molecule has 1 N–H and O–H groups in total. The molecule has 4 rings (SSSR count). The average Bonchev–Trinajstić information content (AvgIpc) is 3.14. The molecular formula is C19H18N4O2S. The molecule has 7 heteroatoms. The van der Waals surface area contributed by atoms with Gasteiger partial charge in [0.05, 0.1) is 6.26 Å². The van der Waals surface area contributed by atoms with Crippen LogP contribution in [0.1, 0.15) is 19.1 Å². The number of anilines is 1. The summed E-state index contributed by atoms with van der Waals surface area (Å²) in [7, 11) is 0. The molecular weight excluding hydrogens is 348 g/mol. The first-order valence-corrected chi connectivity index (χ1v) is 9.44. The Balaban J connectivity index is 1.69. The number of nitrogens with zero attached hydrogens (tertiary/aromatic N) is 3. The first-order chi connectivity index (χ1) is 12.8. The topological polar surface area (TPSA) is 73.1 Å². The molecule has 0 saturated carbocycles. The summed E-state index contributed by atoms with van der Waals surface area (Å²) in [5.41, 5.74) is 2.59. The fourth-order valence-corrected chi connectivity index (χ4v) is 3.23. The number of nitrogens with one attached hydrogen (secondary N) is 1. The first kappa shape index (κ1) is 16.7. The van der Waals surface area contributed by atoms with Crippen molar-refractivity contribution in [2.24, 2.45) is 0 Å². The van der Waals surface area contributed by atoms with Gasteiger partial charge in [0, 0.05) is 17.0 Å². The van der Waals surface area contributed by atoms with Crippen molar-refractivity contribution in [1.82, 2.24) is 15.2 Å². The maximum Gasteiger partial charge on any atom is 0.262 e. The molecule has 6 nitrogen and oxygen atoms in total. The van der Waals surface area contributed by atoms with Crippen molar-refractivity contribution >= 4 is 23.5 Å². The standard InChI is InChI=1S/C19H18N4O2S/c1-2-12-26-19-21-17-14-7-3-4-8-15(14)20-16(25-18(17)22-23-19)10-9-13-6-5-11-24-13/h3-11,16,20H,2,12H2,1H3/t16-/m1/s1. The van der Waals surface area contributed by atoms with Gasteiger partial charge in [0.2, 0.25) is 5.16 Å². The molecule has 0 bridgehead atoms. The third kappa shape index (κ3) is 3.57. The molecule has 1 aliphatic heterocycles. The van der Waals surface area contributed by atoms with Gasteiger partial charge in [-0.2, -0.15) is 0 Å². The molecule has 1 aromatic carbocycles. The summed E-state index contributed by atoms with van der Waals surface area (Å²) >= 11 is 1.60. The van der Waals surface area contributed by atoms with Crippen LogP contribution in [0, 0.1) is 0 Å². The van der Waals surface area contributed by atoms with E-state index < -0.39 is 6.23 Å². The minimum absolute atomic E-state index is 0.409. The summed E-state index contributed by atoms with van der Waals surface area (Å²) in [6.07, 6.45) is 6.02. The van der Waals surface area contributed by atoms with Crippen molar-refractivity contribution in [1.29, 1.82) is 0 Å².